The quantitative estimate of drug-likeness (QED) is 0.885. The fourth-order valence-corrected chi connectivity index (χ4v) is 3.34. The summed E-state index contributed by atoms with van der Waals surface area (Å²) in [4.78, 5) is 16.4. The number of hydrogen-bond donors (Lipinski definition) is 2. The number of amides is 2. The van der Waals surface area contributed by atoms with Gasteiger partial charge in [-0.1, -0.05) is 11.6 Å². The van der Waals surface area contributed by atoms with E-state index in [2.05, 4.69) is 10.2 Å². The van der Waals surface area contributed by atoms with E-state index in [0.717, 1.165) is 31.6 Å². The third-order valence-corrected chi connectivity index (χ3v) is 4.64. The minimum atomic E-state index is -0.182. The van der Waals surface area contributed by atoms with Gasteiger partial charge in [0, 0.05) is 24.7 Å². The number of rotatable bonds is 3. The molecule has 6 nitrogen and oxygen atoms in total. The summed E-state index contributed by atoms with van der Waals surface area (Å²) < 4.78 is 5.38. The van der Waals surface area contributed by atoms with Gasteiger partial charge in [0.1, 0.15) is 0 Å². The Balaban J connectivity index is 1.78. The van der Waals surface area contributed by atoms with E-state index < -0.39 is 0 Å². The van der Waals surface area contributed by atoms with Crippen LogP contribution in [0.2, 0.25) is 5.02 Å². The van der Waals surface area contributed by atoms with Gasteiger partial charge in [0.05, 0.1) is 37.2 Å². The van der Waals surface area contributed by atoms with Crippen LogP contribution in [0, 0.1) is 0 Å². The Bertz CT molecular complexity index is 564. The van der Waals surface area contributed by atoms with Crippen LogP contribution >= 0.6 is 11.6 Å². The number of ether oxygens (including phenoxy) is 1. The molecule has 126 valence electrons. The summed E-state index contributed by atoms with van der Waals surface area (Å²) in [5.74, 6) is 0. The van der Waals surface area contributed by atoms with Gasteiger partial charge < -0.3 is 25.0 Å². The van der Waals surface area contributed by atoms with Gasteiger partial charge in [0.25, 0.3) is 0 Å². The van der Waals surface area contributed by atoms with E-state index in [9.17, 15) is 9.90 Å². The first-order chi connectivity index (χ1) is 11.2. The topological polar surface area (TPSA) is 65.0 Å². The second-order valence-electron chi connectivity index (χ2n) is 5.86. The summed E-state index contributed by atoms with van der Waals surface area (Å²) in [5, 5.41) is 12.9. The molecule has 2 aliphatic rings. The summed E-state index contributed by atoms with van der Waals surface area (Å²) in [7, 11) is 0. The number of nitrogens with zero attached hydrogens (tertiary/aromatic N) is 2. The highest BCUT2D eigenvalue weighted by Gasteiger charge is 2.28. The van der Waals surface area contributed by atoms with Crippen LogP contribution in [0.5, 0.6) is 0 Å². The highest BCUT2D eigenvalue weighted by atomic mass is 35.5. The lowest BCUT2D eigenvalue weighted by molar-refractivity contribution is 0.123. The SMILES string of the molecule is O=C(Nc1cc(Cl)ccc1N1CCOCC1)N1CCC[C@@H]1CO. The lowest BCUT2D eigenvalue weighted by atomic mass is 10.2. The van der Waals surface area contributed by atoms with Gasteiger partial charge in [-0.2, -0.15) is 0 Å². The molecule has 7 heteroatoms. The molecule has 1 atom stereocenters. The first-order valence-corrected chi connectivity index (χ1v) is 8.37. The highest BCUT2D eigenvalue weighted by Crippen LogP contribution is 2.30. The van der Waals surface area contributed by atoms with Crippen molar-refractivity contribution in [2.45, 2.75) is 18.9 Å². The number of morpholine rings is 1. The van der Waals surface area contributed by atoms with Crippen molar-refractivity contribution in [3.8, 4) is 0 Å². The van der Waals surface area contributed by atoms with E-state index >= 15 is 0 Å². The van der Waals surface area contributed by atoms with E-state index in [4.69, 9.17) is 16.3 Å². The molecule has 1 aromatic rings. The monoisotopic (exact) mass is 339 g/mol. The molecule has 1 aromatic carbocycles. The average molecular weight is 340 g/mol. The van der Waals surface area contributed by atoms with Crippen LogP contribution in [-0.2, 0) is 4.74 Å². The maximum absolute atomic E-state index is 12.5. The Morgan fingerprint density at radius 2 is 2.13 bits per heavy atom. The standard InChI is InChI=1S/C16H22ClN3O3/c17-12-3-4-15(19-6-8-23-9-7-19)14(10-12)18-16(22)20-5-1-2-13(20)11-21/h3-4,10,13,21H,1-2,5-9,11H2,(H,18,22)/t13-/m1/s1. The first-order valence-electron chi connectivity index (χ1n) is 8.00. The second kappa shape index (κ2) is 7.38. The van der Waals surface area contributed by atoms with Crippen LogP contribution in [0.4, 0.5) is 16.2 Å². The lowest BCUT2D eigenvalue weighted by Crippen LogP contribution is -2.41. The van der Waals surface area contributed by atoms with Crippen molar-refractivity contribution in [3.05, 3.63) is 23.2 Å². The summed E-state index contributed by atoms with van der Waals surface area (Å²) in [6.45, 7) is 3.59. The van der Waals surface area contributed by atoms with Crippen molar-refractivity contribution in [1.29, 1.82) is 0 Å². The molecular formula is C16H22ClN3O3. The number of aliphatic hydroxyl groups excluding tert-OH is 1. The highest BCUT2D eigenvalue weighted by molar-refractivity contribution is 6.31. The minimum Gasteiger partial charge on any atom is -0.394 e. The molecule has 0 saturated carbocycles. The predicted molar refractivity (Wildman–Crippen MR) is 90.3 cm³/mol. The van der Waals surface area contributed by atoms with Crippen LogP contribution in [0.3, 0.4) is 0 Å². The van der Waals surface area contributed by atoms with Gasteiger partial charge in [-0.25, -0.2) is 4.79 Å². The fourth-order valence-electron chi connectivity index (χ4n) is 3.17. The van der Waals surface area contributed by atoms with Gasteiger partial charge in [0.2, 0.25) is 0 Å². The zero-order valence-electron chi connectivity index (χ0n) is 13.0. The normalized spacial score (nSPS) is 21.6. The number of carbonyl (C=O) groups is 1. The maximum atomic E-state index is 12.5. The van der Waals surface area contributed by atoms with Crippen LogP contribution in [-0.4, -0.2) is 61.5 Å². The third kappa shape index (κ3) is 3.71. The maximum Gasteiger partial charge on any atom is 0.322 e. The lowest BCUT2D eigenvalue weighted by Gasteiger charge is -2.31. The summed E-state index contributed by atoms with van der Waals surface area (Å²) in [5.41, 5.74) is 1.65. The van der Waals surface area contributed by atoms with E-state index in [1.807, 2.05) is 12.1 Å². The van der Waals surface area contributed by atoms with Crippen LogP contribution in [0.15, 0.2) is 18.2 Å². The summed E-state index contributed by atoms with van der Waals surface area (Å²) in [6, 6.07) is 5.25. The number of hydrogen-bond acceptors (Lipinski definition) is 4. The molecule has 2 aliphatic heterocycles. The molecule has 2 saturated heterocycles. The van der Waals surface area contributed by atoms with Crippen LogP contribution < -0.4 is 10.2 Å². The Morgan fingerprint density at radius 1 is 1.35 bits per heavy atom. The van der Waals surface area contributed by atoms with Gasteiger partial charge in [0.15, 0.2) is 0 Å². The van der Waals surface area contributed by atoms with Gasteiger partial charge in [-0.3, -0.25) is 0 Å². The third-order valence-electron chi connectivity index (χ3n) is 4.40. The molecule has 0 spiro atoms. The zero-order chi connectivity index (χ0) is 16.2. The van der Waals surface area contributed by atoms with Crippen molar-refractivity contribution < 1.29 is 14.6 Å². The molecule has 3 rings (SSSR count). The van der Waals surface area contributed by atoms with Crippen molar-refractivity contribution in [2.24, 2.45) is 0 Å². The number of likely N-dealkylation sites (tertiary alicyclic amines) is 1. The molecule has 2 N–H and O–H groups in total. The predicted octanol–water partition coefficient (Wildman–Crippen LogP) is 2.17. The number of urea groups is 1. The fraction of sp³-hybridized carbons (Fsp3) is 0.562. The van der Waals surface area contributed by atoms with E-state index in [1.165, 1.54) is 0 Å². The number of benzene rings is 1. The Morgan fingerprint density at radius 3 is 2.87 bits per heavy atom. The number of nitrogens with one attached hydrogen (secondary N) is 1. The Labute approximate surface area is 141 Å². The van der Waals surface area contributed by atoms with Crippen molar-refractivity contribution in [2.75, 3.05) is 49.7 Å². The molecule has 2 fully saturated rings. The zero-order valence-corrected chi connectivity index (χ0v) is 13.8. The molecule has 0 aliphatic carbocycles. The van der Waals surface area contributed by atoms with E-state index in [1.54, 1.807) is 11.0 Å². The van der Waals surface area contributed by atoms with Gasteiger partial charge in [-0.15, -0.1) is 0 Å². The molecule has 0 aromatic heterocycles. The van der Waals surface area contributed by atoms with Gasteiger partial charge in [-0.05, 0) is 31.0 Å². The number of aliphatic hydroxyl groups is 1. The van der Waals surface area contributed by atoms with E-state index in [-0.39, 0.29) is 18.7 Å². The van der Waals surface area contributed by atoms with Gasteiger partial charge >= 0.3 is 6.03 Å². The number of halogens is 1. The van der Waals surface area contributed by atoms with E-state index in [0.29, 0.717) is 30.5 Å². The Kier molecular flexibility index (Phi) is 5.25. The Hall–Kier alpha value is -1.50. The van der Waals surface area contributed by atoms with Crippen LogP contribution in [0.25, 0.3) is 0 Å². The second-order valence-corrected chi connectivity index (χ2v) is 6.30. The molecular weight excluding hydrogens is 318 g/mol. The van der Waals surface area contributed by atoms with Crippen molar-refractivity contribution in [3.63, 3.8) is 0 Å². The minimum absolute atomic E-state index is 0.000707. The first kappa shape index (κ1) is 16.4. The molecule has 0 bridgehead atoms. The molecule has 2 heterocycles. The molecule has 0 radical (unpaired) electrons. The number of anilines is 2. The largest absolute Gasteiger partial charge is 0.394 e. The number of carbonyl (C=O) groups excluding carboxylic acids is 1. The molecule has 2 amide bonds. The summed E-state index contributed by atoms with van der Waals surface area (Å²) >= 11 is 6.11. The average Bonchev–Trinajstić information content (AvgIpc) is 3.04. The molecule has 23 heavy (non-hydrogen) atoms. The van der Waals surface area contributed by atoms with Crippen molar-refractivity contribution >= 4 is 29.0 Å². The van der Waals surface area contributed by atoms with Crippen LogP contribution in [0.1, 0.15) is 12.8 Å². The smallest absolute Gasteiger partial charge is 0.322 e. The van der Waals surface area contributed by atoms with Crippen molar-refractivity contribution in [1.82, 2.24) is 4.90 Å². The molecule has 0 unspecified atom stereocenters. The summed E-state index contributed by atoms with van der Waals surface area (Å²) in [6.07, 6.45) is 1.76.